The van der Waals surface area contributed by atoms with Crippen LogP contribution in [0, 0.1) is 5.82 Å². The van der Waals surface area contributed by atoms with Crippen molar-refractivity contribution >= 4 is 17.6 Å². The molecule has 0 spiro atoms. The molecule has 2 atom stereocenters. The minimum atomic E-state index is -5.09. The van der Waals surface area contributed by atoms with Crippen molar-refractivity contribution in [1.82, 2.24) is 10.3 Å². The van der Waals surface area contributed by atoms with E-state index in [9.17, 15) is 40.6 Å². The fourth-order valence-electron chi connectivity index (χ4n) is 2.90. The molecular weight excluding hydrogens is 473 g/mol. The van der Waals surface area contributed by atoms with Crippen LogP contribution in [-0.4, -0.2) is 42.0 Å². The summed E-state index contributed by atoms with van der Waals surface area (Å²) >= 11 is 5.77. The molecule has 13 heteroatoms. The summed E-state index contributed by atoms with van der Waals surface area (Å²) in [5.74, 6) is -2.43. The zero-order valence-electron chi connectivity index (χ0n) is 16.2. The van der Waals surface area contributed by atoms with Crippen molar-refractivity contribution in [3.05, 3.63) is 64.2 Å². The number of alkyl halides is 6. The molecule has 1 aromatic carbocycles. The van der Waals surface area contributed by atoms with Crippen LogP contribution in [0.3, 0.4) is 0 Å². The molecular formula is C19H16ClF7N2O3. The van der Waals surface area contributed by atoms with Crippen LogP contribution in [0.1, 0.15) is 23.2 Å². The number of nitrogens with one attached hydrogen (secondary N) is 1. The van der Waals surface area contributed by atoms with Crippen LogP contribution in [0.5, 0.6) is 0 Å². The monoisotopic (exact) mass is 488 g/mol. The first-order chi connectivity index (χ1) is 14.7. The van der Waals surface area contributed by atoms with Crippen molar-refractivity contribution < 1.29 is 45.4 Å². The number of methoxy groups -OCH3 is 1. The number of aliphatic hydroxyl groups is 1. The molecule has 2 aromatic rings. The Morgan fingerprint density at radius 3 is 2.28 bits per heavy atom. The Labute approximate surface area is 182 Å². The van der Waals surface area contributed by atoms with E-state index in [1.807, 2.05) is 0 Å². The number of pyridine rings is 1. The predicted molar refractivity (Wildman–Crippen MR) is 98.1 cm³/mol. The summed E-state index contributed by atoms with van der Waals surface area (Å²) in [5, 5.41) is 11.7. The van der Waals surface area contributed by atoms with Crippen LogP contribution in [0.25, 0.3) is 0 Å². The molecule has 1 unspecified atom stereocenters. The number of ether oxygens (including phenoxy) is 1. The summed E-state index contributed by atoms with van der Waals surface area (Å²) in [4.78, 5) is 16.0. The van der Waals surface area contributed by atoms with Crippen molar-refractivity contribution in [3.63, 3.8) is 0 Å². The van der Waals surface area contributed by atoms with Gasteiger partial charge >= 0.3 is 18.3 Å². The van der Waals surface area contributed by atoms with E-state index in [1.54, 1.807) is 0 Å². The Morgan fingerprint density at radius 2 is 1.78 bits per heavy atom. The number of halogens is 8. The summed E-state index contributed by atoms with van der Waals surface area (Å²) in [5.41, 5.74) is -4.53. The standard InChI is InChI=1S/C19H16ClF7N2O3/c1-32-16(31)7-17(14-3-2-12(20)8-28-14,29-9-15(30)19(25,26)27)10-4-11(18(22,23)24)6-13(21)5-10/h2-6,8,15,29-30H,7,9H2,1H3/t15-,17?/m1/s1. The van der Waals surface area contributed by atoms with E-state index in [4.69, 9.17) is 11.6 Å². The minimum absolute atomic E-state index is 0.0752. The van der Waals surface area contributed by atoms with Gasteiger partial charge in [0.2, 0.25) is 0 Å². The maximum Gasteiger partial charge on any atom is 0.416 e. The SMILES string of the molecule is COC(=O)CC(NC[C@@H](O)C(F)(F)F)(c1cc(F)cc(C(F)(F)F)c1)c1ccc(Cl)cn1. The molecule has 0 aliphatic heterocycles. The Kier molecular flexibility index (Phi) is 7.74. The average Bonchev–Trinajstić information content (AvgIpc) is 2.69. The number of benzene rings is 1. The van der Waals surface area contributed by atoms with E-state index in [0.717, 1.165) is 19.4 Å². The van der Waals surface area contributed by atoms with Crippen LogP contribution in [0.2, 0.25) is 5.02 Å². The summed E-state index contributed by atoms with van der Waals surface area (Å²) in [6.45, 7) is -1.26. The molecule has 2 N–H and O–H groups in total. The van der Waals surface area contributed by atoms with Crippen molar-refractivity contribution in [2.75, 3.05) is 13.7 Å². The molecule has 1 heterocycles. The quantitative estimate of drug-likeness (QED) is 0.451. The minimum Gasteiger partial charge on any atom is -0.469 e. The van der Waals surface area contributed by atoms with Crippen LogP contribution in [0.4, 0.5) is 30.7 Å². The first-order valence-electron chi connectivity index (χ1n) is 8.76. The van der Waals surface area contributed by atoms with Gasteiger partial charge in [0.1, 0.15) is 5.82 Å². The van der Waals surface area contributed by atoms with Gasteiger partial charge in [-0.3, -0.25) is 15.1 Å². The summed E-state index contributed by atoms with van der Waals surface area (Å²) < 4.78 is 97.2. The largest absolute Gasteiger partial charge is 0.469 e. The zero-order valence-corrected chi connectivity index (χ0v) is 16.9. The Morgan fingerprint density at radius 1 is 1.16 bits per heavy atom. The Hall–Kier alpha value is -2.44. The van der Waals surface area contributed by atoms with Gasteiger partial charge in [0.25, 0.3) is 0 Å². The topological polar surface area (TPSA) is 71.5 Å². The molecule has 0 amide bonds. The Balaban J connectivity index is 2.76. The maximum atomic E-state index is 14.2. The van der Waals surface area contributed by atoms with Gasteiger partial charge in [-0.2, -0.15) is 26.3 Å². The van der Waals surface area contributed by atoms with Crippen LogP contribution in [-0.2, 0) is 21.2 Å². The van der Waals surface area contributed by atoms with E-state index in [0.29, 0.717) is 12.1 Å². The number of carbonyl (C=O) groups is 1. The molecule has 5 nitrogen and oxygen atoms in total. The van der Waals surface area contributed by atoms with Crippen molar-refractivity contribution in [2.45, 2.75) is 30.4 Å². The molecule has 0 fully saturated rings. The molecule has 32 heavy (non-hydrogen) atoms. The van der Waals surface area contributed by atoms with Gasteiger partial charge in [-0.25, -0.2) is 4.39 Å². The summed E-state index contributed by atoms with van der Waals surface area (Å²) in [7, 11) is 0.944. The first-order valence-corrected chi connectivity index (χ1v) is 9.14. The fourth-order valence-corrected chi connectivity index (χ4v) is 3.01. The second kappa shape index (κ2) is 9.59. The van der Waals surface area contributed by atoms with Crippen LogP contribution < -0.4 is 5.32 Å². The fraction of sp³-hybridized carbons (Fsp3) is 0.368. The molecule has 0 saturated carbocycles. The third kappa shape index (κ3) is 6.08. The first kappa shape index (κ1) is 25.8. The highest BCUT2D eigenvalue weighted by molar-refractivity contribution is 6.30. The van der Waals surface area contributed by atoms with Gasteiger partial charge < -0.3 is 9.84 Å². The molecule has 176 valence electrons. The smallest absolute Gasteiger partial charge is 0.416 e. The van der Waals surface area contributed by atoms with Gasteiger partial charge in [0.15, 0.2) is 6.10 Å². The highest BCUT2D eigenvalue weighted by Gasteiger charge is 2.44. The van der Waals surface area contributed by atoms with Gasteiger partial charge in [0.05, 0.1) is 35.3 Å². The number of aliphatic hydroxyl groups excluding tert-OH is 1. The molecule has 0 saturated heterocycles. The number of nitrogens with zero attached hydrogens (tertiary/aromatic N) is 1. The van der Waals surface area contributed by atoms with E-state index < -0.39 is 59.9 Å². The molecule has 0 aliphatic rings. The van der Waals surface area contributed by atoms with Gasteiger partial charge in [-0.1, -0.05) is 11.6 Å². The van der Waals surface area contributed by atoms with E-state index in [1.165, 1.54) is 6.07 Å². The number of hydrogen-bond acceptors (Lipinski definition) is 5. The lowest BCUT2D eigenvalue weighted by Crippen LogP contribution is -2.51. The maximum absolute atomic E-state index is 14.2. The second-order valence-electron chi connectivity index (χ2n) is 6.68. The molecule has 0 aliphatic carbocycles. The lowest BCUT2D eigenvalue weighted by molar-refractivity contribution is -0.202. The lowest BCUT2D eigenvalue weighted by Gasteiger charge is -2.35. The molecule has 1 aromatic heterocycles. The number of aromatic nitrogens is 1. The van der Waals surface area contributed by atoms with Crippen molar-refractivity contribution in [1.29, 1.82) is 0 Å². The molecule has 2 rings (SSSR count). The average molecular weight is 489 g/mol. The summed E-state index contributed by atoms with van der Waals surface area (Å²) in [6, 6.07) is 3.63. The lowest BCUT2D eigenvalue weighted by atomic mass is 9.81. The van der Waals surface area contributed by atoms with E-state index in [-0.39, 0.29) is 16.8 Å². The summed E-state index contributed by atoms with van der Waals surface area (Å²) in [6.07, 6.45) is -12.9. The van der Waals surface area contributed by atoms with Gasteiger partial charge in [-0.05, 0) is 35.9 Å². The Bertz CT molecular complexity index is 951. The van der Waals surface area contributed by atoms with Crippen LogP contribution >= 0.6 is 11.6 Å². The van der Waals surface area contributed by atoms with Gasteiger partial charge in [0, 0.05) is 12.7 Å². The van der Waals surface area contributed by atoms with Gasteiger partial charge in [-0.15, -0.1) is 0 Å². The van der Waals surface area contributed by atoms with Crippen molar-refractivity contribution in [2.24, 2.45) is 0 Å². The third-order valence-corrected chi connectivity index (χ3v) is 4.72. The van der Waals surface area contributed by atoms with Crippen LogP contribution in [0.15, 0.2) is 36.5 Å². The third-order valence-electron chi connectivity index (χ3n) is 4.49. The number of carbonyl (C=O) groups excluding carboxylic acids is 1. The van der Waals surface area contributed by atoms with E-state index >= 15 is 0 Å². The normalized spacial score (nSPS) is 15.2. The highest BCUT2D eigenvalue weighted by atomic mass is 35.5. The number of hydrogen-bond donors (Lipinski definition) is 2. The second-order valence-corrected chi connectivity index (χ2v) is 7.12. The molecule has 0 bridgehead atoms. The van der Waals surface area contributed by atoms with Crippen molar-refractivity contribution in [3.8, 4) is 0 Å². The molecule has 0 radical (unpaired) electrons. The predicted octanol–water partition coefficient (Wildman–Crippen LogP) is 4.21. The highest BCUT2D eigenvalue weighted by Crippen LogP contribution is 2.38. The van der Waals surface area contributed by atoms with E-state index in [2.05, 4.69) is 15.0 Å². The number of esters is 1. The number of rotatable bonds is 7. The zero-order chi connectivity index (χ0) is 24.3.